The van der Waals surface area contributed by atoms with Crippen molar-refractivity contribution in [3.05, 3.63) is 36.5 Å². The quantitative estimate of drug-likeness (QED) is 0.0421. The van der Waals surface area contributed by atoms with Crippen LogP contribution in [0, 0.1) is 0 Å². The predicted octanol–water partition coefficient (Wildman–Crippen LogP) is 18.9. The predicted molar refractivity (Wildman–Crippen MR) is 281 cm³/mol. The molecule has 0 fully saturated rings. The summed E-state index contributed by atoms with van der Waals surface area (Å²) in [5.41, 5.74) is 0. The van der Waals surface area contributed by atoms with Gasteiger partial charge in [-0.05, 0) is 51.4 Å². The molecule has 0 heterocycles. The molecule has 0 spiro atoms. The zero-order chi connectivity index (χ0) is 45.6. The monoisotopic (exact) mass is 884 g/mol. The molecule has 2 atom stereocenters. The van der Waals surface area contributed by atoms with Crippen LogP contribution in [0.3, 0.4) is 0 Å². The minimum atomic E-state index is -0.660. The fraction of sp³-hybridized carbons (Fsp3) is 0.881. The van der Waals surface area contributed by atoms with Gasteiger partial charge >= 0.3 is 0 Å². The van der Waals surface area contributed by atoms with Crippen LogP contribution in [0.4, 0.5) is 0 Å². The van der Waals surface area contributed by atoms with Crippen LogP contribution in [0.25, 0.3) is 0 Å². The highest BCUT2D eigenvalue weighted by molar-refractivity contribution is 5.76. The molecule has 0 saturated heterocycles. The summed E-state index contributed by atoms with van der Waals surface area (Å²) in [6, 6.07) is -0.537. The van der Waals surface area contributed by atoms with Gasteiger partial charge in [0.15, 0.2) is 0 Å². The van der Waals surface area contributed by atoms with E-state index < -0.39 is 12.1 Å². The first kappa shape index (κ1) is 61.6. The average molecular weight is 885 g/mol. The number of hydrogen-bond donors (Lipinski definition) is 3. The summed E-state index contributed by atoms with van der Waals surface area (Å²) in [5, 5.41) is 23.4. The molecule has 0 radical (unpaired) electrons. The molecular weight excluding hydrogens is 771 g/mol. The Bertz CT molecular complexity index is 958. The maximum atomic E-state index is 12.5. The van der Waals surface area contributed by atoms with E-state index in [0.29, 0.717) is 12.8 Å². The maximum absolute atomic E-state index is 12.5. The van der Waals surface area contributed by atoms with Crippen LogP contribution in [0.2, 0.25) is 0 Å². The largest absolute Gasteiger partial charge is 0.394 e. The van der Waals surface area contributed by atoms with E-state index in [1.54, 1.807) is 0 Å². The summed E-state index contributed by atoms with van der Waals surface area (Å²) < 4.78 is 0. The Morgan fingerprint density at radius 2 is 0.651 bits per heavy atom. The van der Waals surface area contributed by atoms with E-state index >= 15 is 0 Å². The fourth-order valence-electron chi connectivity index (χ4n) is 9.02. The Labute approximate surface area is 395 Å². The van der Waals surface area contributed by atoms with E-state index in [0.717, 1.165) is 38.5 Å². The number of carbonyl (C=O) groups excluding carboxylic acids is 1. The molecule has 372 valence electrons. The van der Waals surface area contributed by atoms with Gasteiger partial charge in [-0.15, -0.1) is 0 Å². The molecule has 0 aliphatic heterocycles. The molecule has 4 nitrogen and oxygen atoms in total. The maximum Gasteiger partial charge on any atom is 0.220 e. The SMILES string of the molecule is CCCCCCC/C=C\C/C=C\C/C=C\CCCCCCCCCCCCCCCCC(=O)NC(CO)C(O)CCCCCCCCCCCCCCCCCCCCCCCC. The van der Waals surface area contributed by atoms with E-state index in [1.807, 2.05) is 0 Å². The standard InChI is InChI=1S/C59H113NO3/c1-3-5-7-9-11-13-15-17-19-21-23-25-27-28-29-30-31-32-33-35-37-39-41-43-45-47-49-51-53-55-59(63)60-57(56-61)58(62)54-52-50-48-46-44-42-40-38-36-34-26-24-22-20-18-16-14-12-10-8-6-4-2/h15,17,21,23,27-28,57-58,61-62H,3-14,16,18-20,22,24-26,29-56H2,1-2H3,(H,60,63)/b17-15-,23-21-,28-27-. The third-order valence-electron chi connectivity index (χ3n) is 13.4. The first-order chi connectivity index (χ1) is 31.2. The molecule has 2 unspecified atom stereocenters. The Balaban J connectivity index is 3.45. The molecule has 4 heteroatoms. The second-order valence-electron chi connectivity index (χ2n) is 19.7. The van der Waals surface area contributed by atoms with Gasteiger partial charge in [-0.25, -0.2) is 0 Å². The molecule has 0 saturated carbocycles. The second-order valence-corrected chi connectivity index (χ2v) is 19.7. The van der Waals surface area contributed by atoms with Crippen molar-refractivity contribution in [1.29, 1.82) is 0 Å². The second kappa shape index (κ2) is 54.9. The number of carbonyl (C=O) groups is 1. The third kappa shape index (κ3) is 51.5. The van der Waals surface area contributed by atoms with Gasteiger partial charge in [0.25, 0.3) is 0 Å². The molecular formula is C59H113NO3. The summed E-state index contributed by atoms with van der Waals surface area (Å²) in [6.45, 7) is 4.38. The lowest BCUT2D eigenvalue weighted by atomic mass is 10.0. The van der Waals surface area contributed by atoms with E-state index in [1.165, 1.54) is 250 Å². The van der Waals surface area contributed by atoms with Crippen molar-refractivity contribution in [3.63, 3.8) is 0 Å². The highest BCUT2D eigenvalue weighted by atomic mass is 16.3. The van der Waals surface area contributed by atoms with Gasteiger partial charge in [0.05, 0.1) is 18.8 Å². The van der Waals surface area contributed by atoms with Crippen LogP contribution in [0.15, 0.2) is 36.5 Å². The van der Waals surface area contributed by atoms with E-state index in [4.69, 9.17) is 0 Å². The Morgan fingerprint density at radius 3 is 0.968 bits per heavy atom. The minimum absolute atomic E-state index is 0.0279. The van der Waals surface area contributed by atoms with Crippen molar-refractivity contribution in [2.45, 2.75) is 328 Å². The van der Waals surface area contributed by atoms with Crippen LogP contribution >= 0.6 is 0 Å². The zero-order valence-electron chi connectivity index (χ0n) is 42.9. The third-order valence-corrected chi connectivity index (χ3v) is 13.4. The van der Waals surface area contributed by atoms with E-state index in [2.05, 4.69) is 55.6 Å². The number of amides is 1. The number of unbranched alkanes of at least 4 members (excludes halogenated alkanes) is 40. The molecule has 0 rings (SSSR count). The fourth-order valence-corrected chi connectivity index (χ4v) is 9.02. The first-order valence-electron chi connectivity index (χ1n) is 28.7. The molecule has 0 aliphatic carbocycles. The zero-order valence-corrected chi connectivity index (χ0v) is 42.9. The van der Waals surface area contributed by atoms with Gasteiger partial charge in [0, 0.05) is 6.42 Å². The number of aliphatic hydroxyl groups excluding tert-OH is 2. The van der Waals surface area contributed by atoms with Crippen molar-refractivity contribution in [1.82, 2.24) is 5.32 Å². The minimum Gasteiger partial charge on any atom is -0.394 e. The molecule has 0 aromatic heterocycles. The van der Waals surface area contributed by atoms with Crippen LogP contribution in [0.5, 0.6) is 0 Å². The number of allylic oxidation sites excluding steroid dienone is 6. The topological polar surface area (TPSA) is 69.6 Å². The molecule has 0 aromatic rings. The average Bonchev–Trinajstić information content (AvgIpc) is 3.29. The molecule has 0 bridgehead atoms. The van der Waals surface area contributed by atoms with Crippen molar-refractivity contribution < 1.29 is 15.0 Å². The summed E-state index contributed by atoms with van der Waals surface area (Å²) in [5.74, 6) is -0.0279. The number of hydrogen-bond acceptors (Lipinski definition) is 3. The molecule has 0 aliphatic rings. The number of aliphatic hydroxyl groups is 2. The van der Waals surface area contributed by atoms with Gasteiger partial charge in [-0.3, -0.25) is 4.79 Å². The van der Waals surface area contributed by atoms with Crippen LogP contribution in [-0.4, -0.2) is 34.9 Å². The van der Waals surface area contributed by atoms with Gasteiger partial charge in [0.2, 0.25) is 5.91 Å². The Hall–Kier alpha value is -1.39. The van der Waals surface area contributed by atoms with Crippen LogP contribution < -0.4 is 5.32 Å². The summed E-state index contributed by atoms with van der Waals surface area (Å²) in [6.07, 6.45) is 74.2. The van der Waals surface area contributed by atoms with Crippen LogP contribution in [-0.2, 0) is 4.79 Å². The van der Waals surface area contributed by atoms with E-state index in [-0.39, 0.29) is 12.5 Å². The first-order valence-corrected chi connectivity index (χ1v) is 28.7. The Kier molecular flexibility index (Phi) is 53.7. The number of nitrogens with one attached hydrogen (secondary N) is 1. The highest BCUT2D eigenvalue weighted by Crippen LogP contribution is 2.18. The lowest BCUT2D eigenvalue weighted by Crippen LogP contribution is -2.45. The lowest BCUT2D eigenvalue weighted by molar-refractivity contribution is -0.123. The van der Waals surface area contributed by atoms with Gasteiger partial charge in [0.1, 0.15) is 0 Å². The van der Waals surface area contributed by atoms with Crippen LogP contribution in [0.1, 0.15) is 316 Å². The Morgan fingerprint density at radius 1 is 0.381 bits per heavy atom. The summed E-state index contributed by atoms with van der Waals surface area (Å²) >= 11 is 0. The molecule has 1 amide bonds. The van der Waals surface area contributed by atoms with Crippen molar-refractivity contribution in [3.8, 4) is 0 Å². The van der Waals surface area contributed by atoms with Gasteiger partial charge < -0.3 is 15.5 Å². The lowest BCUT2D eigenvalue weighted by Gasteiger charge is -2.22. The molecule has 3 N–H and O–H groups in total. The molecule has 63 heavy (non-hydrogen) atoms. The number of rotatable bonds is 53. The smallest absolute Gasteiger partial charge is 0.220 e. The normalized spacial score (nSPS) is 13.0. The van der Waals surface area contributed by atoms with Crippen molar-refractivity contribution in [2.24, 2.45) is 0 Å². The van der Waals surface area contributed by atoms with E-state index in [9.17, 15) is 15.0 Å². The van der Waals surface area contributed by atoms with Gasteiger partial charge in [-0.1, -0.05) is 294 Å². The highest BCUT2D eigenvalue weighted by Gasteiger charge is 2.20. The summed E-state index contributed by atoms with van der Waals surface area (Å²) in [4.78, 5) is 12.5. The molecule has 0 aromatic carbocycles. The van der Waals surface area contributed by atoms with Gasteiger partial charge in [-0.2, -0.15) is 0 Å². The van der Waals surface area contributed by atoms with Crippen molar-refractivity contribution >= 4 is 5.91 Å². The van der Waals surface area contributed by atoms with Crippen molar-refractivity contribution in [2.75, 3.05) is 6.61 Å². The summed E-state index contributed by atoms with van der Waals surface area (Å²) in [7, 11) is 0.